The summed E-state index contributed by atoms with van der Waals surface area (Å²) in [6, 6.07) is 11.4. The molecule has 4 rings (SSSR count). The van der Waals surface area contributed by atoms with Crippen LogP contribution in [0.1, 0.15) is 11.1 Å². The van der Waals surface area contributed by atoms with Gasteiger partial charge in [0.1, 0.15) is 37.2 Å². The molecule has 0 spiro atoms. The average Bonchev–Trinajstić information content (AvgIpc) is 3.45. The van der Waals surface area contributed by atoms with Crippen LogP contribution in [0, 0.1) is 34.3 Å². The molecule has 2 aromatic heterocycles. The van der Waals surface area contributed by atoms with Crippen LogP contribution in [0.3, 0.4) is 0 Å². The minimum Gasteiger partial charge on any atom is -0.361 e. The van der Waals surface area contributed by atoms with Gasteiger partial charge in [0.15, 0.2) is 0 Å². The van der Waals surface area contributed by atoms with Gasteiger partial charge in [-0.1, -0.05) is 39.3 Å². The summed E-state index contributed by atoms with van der Waals surface area (Å²) in [5.74, 6) is -1.06. The number of benzene rings is 2. The van der Waals surface area contributed by atoms with Crippen molar-refractivity contribution in [2.45, 2.75) is 64.8 Å². The maximum absolute atomic E-state index is 13.6. The van der Waals surface area contributed by atoms with E-state index in [1.807, 2.05) is 12.1 Å². The van der Waals surface area contributed by atoms with Crippen molar-refractivity contribution in [1.82, 2.24) is 19.1 Å². The Bertz CT molecular complexity index is 1540. The first kappa shape index (κ1) is 31.1. The Morgan fingerprint density at radius 1 is 0.700 bits per heavy atom. The van der Waals surface area contributed by atoms with Gasteiger partial charge >= 0.3 is 0 Å². The fourth-order valence-corrected chi connectivity index (χ4v) is 5.13. The predicted octanol–water partition coefficient (Wildman–Crippen LogP) is 6.72. The maximum atomic E-state index is 13.6. The second-order valence-corrected chi connectivity index (χ2v) is 23.2. The normalized spacial score (nSPS) is 11.8. The molecular formula is C28H36F2N6O2Si2. The summed E-state index contributed by atoms with van der Waals surface area (Å²) in [5, 5.41) is 17.7. The van der Waals surface area contributed by atoms with Crippen molar-refractivity contribution in [2.24, 2.45) is 0 Å². The van der Waals surface area contributed by atoms with Crippen LogP contribution >= 0.6 is 0 Å². The molecule has 0 amide bonds. The summed E-state index contributed by atoms with van der Waals surface area (Å²) >= 11 is 0. The van der Waals surface area contributed by atoms with Gasteiger partial charge in [0.25, 0.3) is 0 Å². The van der Waals surface area contributed by atoms with Crippen LogP contribution in [-0.2, 0) is 22.9 Å². The molecule has 4 aromatic rings. The molecule has 12 heteroatoms. The van der Waals surface area contributed by atoms with E-state index in [4.69, 9.17) is 20.0 Å². The summed E-state index contributed by atoms with van der Waals surface area (Å²) in [4.78, 5) is 8.29. The van der Waals surface area contributed by atoms with E-state index in [0.717, 1.165) is 17.6 Å². The molecule has 0 radical (unpaired) electrons. The fraction of sp³-hybridized carbons (Fsp3) is 0.429. The number of hydrogen-bond donors (Lipinski definition) is 0. The highest BCUT2D eigenvalue weighted by atomic mass is 28.3. The third kappa shape index (κ3) is 8.79. The van der Waals surface area contributed by atoms with E-state index >= 15 is 0 Å². The van der Waals surface area contributed by atoms with Crippen molar-refractivity contribution in [1.29, 1.82) is 10.5 Å². The van der Waals surface area contributed by atoms with E-state index < -0.39 is 27.8 Å². The Labute approximate surface area is 235 Å². The number of nitrogens with zero attached hydrogens (tertiary/aromatic N) is 6. The molecule has 212 valence electrons. The lowest BCUT2D eigenvalue weighted by atomic mass is 10.2. The molecule has 2 aromatic carbocycles. The lowest BCUT2D eigenvalue weighted by Crippen LogP contribution is -2.22. The van der Waals surface area contributed by atoms with Crippen molar-refractivity contribution in [2.75, 3.05) is 13.2 Å². The fourth-order valence-electron chi connectivity index (χ4n) is 3.62. The van der Waals surface area contributed by atoms with Crippen LogP contribution in [-0.4, -0.2) is 48.5 Å². The number of hydrogen-bond acceptors (Lipinski definition) is 6. The monoisotopic (exact) mass is 582 g/mol. The third-order valence-electron chi connectivity index (χ3n) is 6.11. The van der Waals surface area contributed by atoms with E-state index in [1.54, 1.807) is 21.8 Å². The predicted molar refractivity (Wildman–Crippen MR) is 157 cm³/mol. The van der Waals surface area contributed by atoms with E-state index in [0.29, 0.717) is 43.2 Å². The Hall–Kier alpha value is -3.43. The summed E-state index contributed by atoms with van der Waals surface area (Å²) in [7, 11) is -2.20. The molecule has 0 aliphatic heterocycles. The second-order valence-electron chi connectivity index (χ2n) is 12.0. The van der Waals surface area contributed by atoms with Crippen LogP contribution < -0.4 is 0 Å². The first-order valence-corrected chi connectivity index (χ1v) is 20.5. The summed E-state index contributed by atoms with van der Waals surface area (Å²) in [6.45, 7) is 15.9. The largest absolute Gasteiger partial charge is 0.361 e. The quantitative estimate of drug-likeness (QED) is 0.152. The van der Waals surface area contributed by atoms with Crippen molar-refractivity contribution >= 4 is 38.2 Å². The van der Waals surface area contributed by atoms with E-state index in [2.05, 4.69) is 49.3 Å². The number of ether oxygens (including phenoxy) is 2. The van der Waals surface area contributed by atoms with Gasteiger partial charge < -0.3 is 18.6 Å². The first-order chi connectivity index (χ1) is 18.8. The van der Waals surface area contributed by atoms with Gasteiger partial charge in [-0.25, -0.2) is 18.7 Å². The van der Waals surface area contributed by atoms with Crippen molar-refractivity contribution in [3.63, 3.8) is 0 Å². The smallest absolute Gasteiger partial charge is 0.143 e. The van der Waals surface area contributed by atoms with Crippen molar-refractivity contribution in [3.05, 3.63) is 59.7 Å². The molecule has 40 heavy (non-hydrogen) atoms. The lowest BCUT2D eigenvalue weighted by Gasteiger charge is -2.15. The van der Waals surface area contributed by atoms with Gasteiger partial charge in [0, 0.05) is 41.5 Å². The minimum absolute atomic E-state index is 0.0161. The highest BCUT2D eigenvalue weighted by molar-refractivity contribution is 6.76. The number of fused-ring (bicyclic) bond motifs is 2. The highest BCUT2D eigenvalue weighted by Crippen LogP contribution is 2.19. The molecule has 0 saturated carbocycles. The third-order valence-corrected chi connectivity index (χ3v) is 9.52. The first-order valence-electron chi connectivity index (χ1n) is 13.1. The topological polar surface area (TPSA) is 102 Å². The number of halogens is 2. The zero-order chi connectivity index (χ0) is 29.5. The van der Waals surface area contributed by atoms with Crippen LogP contribution in [0.25, 0.3) is 22.1 Å². The molecule has 0 N–H and O–H groups in total. The van der Waals surface area contributed by atoms with Gasteiger partial charge in [0.2, 0.25) is 0 Å². The molecule has 0 bridgehead atoms. The molecular weight excluding hydrogens is 547 g/mol. The second kappa shape index (κ2) is 13.3. The minimum atomic E-state index is -1.10. The molecule has 0 saturated heterocycles. The lowest BCUT2D eigenvalue weighted by molar-refractivity contribution is 0.0897. The van der Waals surface area contributed by atoms with Crippen LogP contribution in [0.5, 0.6) is 0 Å². The number of nitriles is 2. The van der Waals surface area contributed by atoms with Gasteiger partial charge in [-0.3, -0.25) is 0 Å². The molecule has 2 heterocycles. The summed E-state index contributed by atoms with van der Waals surface area (Å²) in [5.41, 5.74) is 2.56. The van der Waals surface area contributed by atoms with E-state index in [9.17, 15) is 8.78 Å². The van der Waals surface area contributed by atoms with Crippen molar-refractivity contribution < 1.29 is 18.3 Å². The molecule has 0 aliphatic carbocycles. The van der Waals surface area contributed by atoms with Gasteiger partial charge in [-0.2, -0.15) is 10.5 Å². The van der Waals surface area contributed by atoms with E-state index in [-0.39, 0.29) is 11.1 Å². The standard InChI is InChI=1S/2C14H18FN3OSi/c1-20(2,3)5-4-19-10-18-9-17-13-7-12(15)11(8-16)6-14(13)18;1-20(2,3)5-4-19-10-18-9-17-13-6-11(8-16)12(15)7-14(13)18/h2*6-7,9H,4-5,10H2,1-3H3. The Balaban J connectivity index is 0.000000220. The Kier molecular flexibility index (Phi) is 10.3. The number of imidazole rings is 2. The van der Waals surface area contributed by atoms with Gasteiger partial charge in [0.05, 0.1) is 45.8 Å². The SMILES string of the molecule is C[Si](C)(C)CCOCn1cnc2cc(C#N)c(F)cc21.C[Si](C)(C)CCOCn1cnc2cc(F)c(C#N)cc21. The molecule has 0 unspecified atom stereocenters. The molecule has 0 atom stereocenters. The Morgan fingerprint density at radius 2 is 1.12 bits per heavy atom. The van der Waals surface area contributed by atoms with Crippen LogP contribution in [0.2, 0.25) is 51.4 Å². The molecule has 0 aliphatic rings. The molecule has 8 nitrogen and oxygen atoms in total. The van der Waals surface area contributed by atoms with Gasteiger partial charge in [-0.05, 0) is 24.2 Å². The zero-order valence-corrected chi connectivity index (χ0v) is 26.0. The average molecular weight is 583 g/mol. The van der Waals surface area contributed by atoms with Crippen molar-refractivity contribution in [3.8, 4) is 12.1 Å². The zero-order valence-electron chi connectivity index (χ0n) is 24.0. The summed E-state index contributed by atoms with van der Waals surface area (Å²) < 4.78 is 41.9. The number of rotatable bonds is 10. The number of aromatic nitrogens is 4. The van der Waals surface area contributed by atoms with Crippen LogP contribution in [0.15, 0.2) is 36.9 Å². The molecule has 0 fully saturated rings. The maximum Gasteiger partial charge on any atom is 0.143 e. The summed E-state index contributed by atoms with van der Waals surface area (Å²) in [6.07, 6.45) is 3.22. The van der Waals surface area contributed by atoms with Gasteiger partial charge in [-0.15, -0.1) is 0 Å². The van der Waals surface area contributed by atoms with Crippen LogP contribution in [0.4, 0.5) is 8.78 Å². The van der Waals surface area contributed by atoms with E-state index in [1.165, 1.54) is 24.3 Å². The Morgan fingerprint density at radius 3 is 1.60 bits per heavy atom. The highest BCUT2D eigenvalue weighted by Gasteiger charge is 2.14.